The maximum Gasteiger partial charge on any atom is 0.280 e. The number of hydrogen-bond donors (Lipinski definition) is 0. The quantitative estimate of drug-likeness (QED) is 0.574. The van der Waals surface area contributed by atoms with Gasteiger partial charge in [0, 0.05) is 6.07 Å². The van der Waals surface area contributed by atoms with Crippen LogP contribution in [0.1, 0.15) is 22.6 Å². The first-order chi connectivity index (χ1) is 6.43. The lowest BCUT2D eigenvalue weighted by molar-refractivity contribution is 0.106. The number of pyridine rings is 1. The van der Waals surface area contributed by atoms with Crippen molar-refractivity contribution in [3.05, 3.63) is 29.1 Å². The van der Waals surface area contributed by atoms with Gasteiger partial charge < -0.3 is 0 Å². The van der Waals surface area contributed by atoms with Gasteiger partial charge in [-0.05, 0) is 11.6 Å². The van der Waals surface area contributed by atoms with E-state index < -0.39 is 34.7 Å². The monoisotopic (exact) mass is 227 g/mol. The Hall–Kier alpha value is -1.17. The summed E-state index contributed by atoms with van der Waals surface area (Å²) in [6.07, 6.45) is -3.10. The first-order valence-electron chi connectivity index (χ1n) is 3.27. The highest BCUT2D eigenvalue weighted by Crippen LogP contribution is 2.21. The fourth-order valence-corrected chi connectivity index (χ4v) is 0.884. The molecule has 7 heteroatoms. The summed E-state index contributed by atoms with van der Waals surface area (Å²) in [5, 5.41) is -1.43. The first-order valence-corrected chi connectivity index (χ1v) is 3.65. The highest BCUT2D eigenvalue weighted by atomic mass is 35.5. The van der Waals surface area contributed by atoms with Crippen molar-refractivity contribution >= 4 is 16.8 Å². The molecule has 1 aromatic rings. The molecule has 1 rings (SSSR count). The molecule has 0 fully saturated rings. The molecule has 2 nitrogen and oxygen atoms in total. The molecular formula is C7H2ClF4NO. The number of halogens is 5. The van der Waals surface area contributed by atoms with E-state index in [1.165, 1.54) is 0 Å². The van der Waals surface area contributed by atoms with Gasteiger partial charge in [-0.15, -0.1) is 0 Å². The van der Waals surface area contributed by atoms with Crippen LogP contribution in [0.2, 0.25) is 0 Å². The Morgan fingerprint density at radius 3 is 2.43 bits per heavy atom. The van der Waals surface area contributed by atoms with Crippen molar-refractivity contribution in [2.24, 2.45) is 0 Å². The Morgan fingerprint density at radius 2 is 2.00 bits per heavy atom. The minimum absolute atomic E-state index is 0.212. The van der Waals surface area contributed by atoms with Crippen LogP contribution in [-0.4, -0.2) is 10.2 Å². The number of aromatic nitrogens is 1. The van der Waals surface area contributed by atoms with E-state index in [1.807, 2.05) is 0 Å². The van der Waals surface area contributed by atoms with Gasteiger partial charge in [0.15, 0.2) is 17.3 Å². The number of rotatable bonds is 2. The third-order valence-corrected chi connectivity index (χ3v) is 1.52. The molecule has 76 valence electrons. The molecule has 1 aromatic heterocycles. The third kappa shape index (κ3) is 2.01. The first kappa shape index (κ1) is 10.9. The number of carbonyl (C=O) groups excluding carboxylic acids is 1. The normalized spacial score (nSPS) is 10.7. The smallest absolute Gasteiger partial charge is 0.274 e. The van der Waals surface area contributed by atoms with Crippen molar-refractivity contribution in [1.82, 2.24) is 4.98 Å². The van der Waals surface area contributed by atoms with Gasteiger partial charge in [-0.3, -0.25) is 4.79 Å². The lowest BCUT2D eigenvalue weighted by Gasteiger charge is -2.02. The maximum absolute atomic E-state index is 12.7. The molecule has 1 heterocycles. The second-order valence-electron chi connectivity index (χ2n) is 2.27. The van der Waals surface area contributed by atoms with Crippen LogP contribution in [0.5, 0.6) is 0 Å². The summed E-state index contributed by atoms with van der Waals surface area (Å²) in [4.78, 5) is 13.3. The molecule has 0 saturated carbocycles. The van der Waals surface area contributed by atoms with Crippen LogP contribution in [0, 0.1) is 11.6 Å². The molecule has 0 atom stereocenters. The second-order valence-corrected chi connectivity index (χ2v) is 2.61. The van der Waals surface area contributed by atoms with Gasteiger partial charge in [-0.2, -0.15) is 0 Å². The van der Waals surface area contributed by atoms with E-state index in [0.717, 1.165) is 0 Å². The molecule has 0 aliphatic heterocycles. The summed E-state index contributed by atoms with van der Waals surface area (Å²) in [5.74, 6) is -3.21. The van der Waals surface area contributed by atoms with E-state index in [4.69, 9.17) is 11.6 Å². The van der Waals surface area contributed by atoms with Crippen LogP contribution < -0.4 is 0 Å². The predicted octanol–water partition coefficient (Wildman–Crippen LogP) is 2.68. The molecule has 0 radical (unpaired) electrons. The van der Waals surface area contributed by atoms with Gasteiger partial charge >= 0.3 is 0 Å². The Bertz CT molecular complexity index is 382. The fourth-order valence-electron chi connectivity index (χ4n) is 0.759. The van der Waals surface area contributed by atoms with Crippen molar-refractivity contribution in [3.8, 4) is 0 Å². The van der Waals surface area contributed by atoms with Crippen LogP contribution in [0.3, 0.4) is 0 Å². The number of alkyl halides is 2. The molecular weight excluding hydrogens is 226 g/mol. The minimum Gasteiger partial charge on any atom is -0.274 e. The summed E-state index contributed by atoms with van der Waals surface area (Å²) in [5.41, 5.74) is -2.17. The summed E-state index contributed by atoms with van der Waals surface area (Å²) in [6.45, 7) is 0. The van der Waals surface area contributed by atoms with E-state index in [1.54, 1.807) is 0 Å². The van der Waals surface area contributed by atoms with Crippen molar-refractivity contribution < 1.29 is 22.4 Å². The maximum atomic E-state index is 12.7. The number of nitrogens with zero attached hydrogens (tertiary/aromatic N) is 1. The van der Waals surface area contributed by atoms with Crippen molar-refractivity contribution in [2.45, 2.75) is 6.43 Å². The molecule has 0 bridgehead atoms. The highest BCUT2D eigenvalue weighted by Gasteiger charge is 2.21. The largest absolute Gasteiger partial charge is 0.280 e. The second kappa shape index (κ2) is 3.91. The van der Waals surface area contributed by atoms with E-state index in [9.17, 15) is 22.4 Å². The zero-order chi connectivity index (χ0) is 10.9. The van der Waals surface area contributed by atoms with Crippen LogP contribution in [0.4, 0.5) is 17.6 Å². The molecule has 0 N–H and O–H groups in total. The van der Waals surface area contributed by atoms with Crippen LogP contribution in [-0.2, 0) is 0 Å². The fraction of sp³-hybridized carbons (Fsp3) is 0.143. The van der Waals surface area contributed by atoms with Crippen molar-refractivity contribution in [2.75, 3.05) is 0 Å². The minimum atomic E-state index is -3.10. The Balaban J connectivity index is 3.35. The summed E-state index contributed by atoms with van der Waals surface area (Å²) in [7, 11) is 0. The summed E-state index contributed by atoms with van der Waals surface area (Å²) >= 11 is 4.80. The number of carbonyl (C=O) groups is 1. The molecule has 0 unspecified atom stereocenters. The molecule has 0 aromatic carbocycles. The zero-order valence-electron chi connectivity index (χ0n) is 6.40. The Kier molecular flexibility index (Phi) is 3.05. The van der Waals surface area contributed by atoms with Gasteiger partial charge in [0.25, 0.3) is 11.7 Å². The Labute approximate surface area is 80.5 Å². The van der Waals surface area contributed by atoms with Crippen LogP contribution in [0.15, 0.2) is 6.07 Å². The number of hydrogen-bond acceptors (Lipinski definition) is 2. The summed E-state index contributed by atoms with van der Waals surface area (Å²) in [6, 6.07) is 0.212. The van der Waals surface area contributed by atoms with Gasteiger partial charge in [-0.1, -0.05) is 0 Å². The zero-order valence-corrected chi connectivity index (χ0v) is 7.16. The molecule has 0 saturated heterocycles. The standard InChI is InChI=1S/C7H2ClF4NO/c8-6(14)5-4(10)2(9)1-3(13-5)7(11)12/h1,7H. The van der Waals surface area contributed by atoms with Gasteiger partial charge in [-0.25, -0.2) is 22.5 Å². The SMILES string of the molecule is O=C(Cl)c1nc(C(F)F)cc(F)c1F. The van der Waals surface area contributed by atoms with Gasteiger partial charge in [0.2, 0.25) is 0 Å². The van der Waals surface area contributed by atoms with Gasteiger partial charge in [0.1, 0.15) is 5.69 Å². The molecule has 0 amide bonds. The van der Waals surface area contributed by atoms with Crippen LogP contribution >= 0.6 is 11.6 Å². The highest BCUT2D eigenvalue weighted by molar-refractivity contribution is 6.67. The predicted molar refractivity (Wildman–Crippen MR) is 39.3 cm³/mol. The topological polar surface area (TPSA) is 30.0 Å². The van der Waals surface area contributed by atoms with E-state index in [2.05, 4.69) is 4.98 Å². The lowest BCUT2D eigenvalue weighted by Crippen LogP contribution is -2.05. The molecule has 14 heavy (non-hydrogen) atoms. The van der Waals surface area contributed by atoms with E-state index in [0.29, 0.717) is 0 Å². The molecule has 0 aliphatic rings. The average molecular weight is 228 g/mol. The van der Waals surface area contributed by atoms with E-state index in [-0.39, 0.29) is 6.07 Å². The van der Waals surface area contributed by atoms with E-state index >= 15 is 0 Å². The molecule has 0 spiro atoms. The lowest BCUT2D eigenvalue weighted by atomic mass is 10.3. The summed E-state index contributed by atoms with van der Waals surface area (Å²) < 4.78 is 49.3. The third-order valence-electron chi connectivity index (χ3n) is 1.34. The average Bonchev–Trinajstić information content (AvgIpc) is 2.08. The van der Waals surface area contributed by atoms with Crippen molar-refractivity contribution in [1.29, 1.82) is 0 Å². The van der Waals surface area contributed by atoms with Gasteiger partial charge in [0.05, 0.1) is 0 Å². The van der Waals surface area contributed by atoms with Crippen LogP contribution in [0.25, 0.3) is 0 Å². The van der Waals surface area contributed by atoms with Crippen molar-refractivity contribution in [3.63, 3.8) is 0 Å². The molecule has 0 aliphatic carbocycles. The Morgan fingerprint density at radius 1 is 1.43 bits per heavy atom.